The quantitative estimate of drug-likeness (QED) is 0.848. The van der Waals surface area contributed by atoms with Crippen molar-refractivity contribution in [2.75, 3.05) is 5.32 Å². The fraction of sp³-hybridized carbons (Fsp3) is 0.0833. The molecule has 0 aliphatic carbocycles. The van der Waals surface area contributed by atoms with Crippen molar-refractivity contribution in [3.8, 4) is 0 Å². The van der Waals surface area contributed by atoms with E-state index in [9.17, 15) is 4.79 Å². The Bertz CT molecular complexity index is 499. The molecule has 4 nitrogen and oxygen atoms in total. The molecular weight excluding hydrogens is 238 g/mol. The second-order valence-electron chi connectivity index (χ2n) is 3.38. The fourth-order valence-electron chi connectivity index (χ4n) is 1.30. The summed E-state index contributed by atoms with van der Waals surface area (Å²) in [5, 5.41) is 2.65. The molecule has 2 rings (SSSR count). The van der Waals surface area contributed by atoms with Gasteiger partial charge in [0.2, 0.25) is 0 Å². The molecule has 1 N–H and O–H groups in total. The first kappa shape index (κ1) is 11.5. The third kappa shape index (κ3) is 3.01. The Morgan fingerprint density at radius 3 is 2.59 bits per heavy atom. The van der Waals surface area contributed by atoms with Crippen LogP contribution in [0, 0.1) is 0 Å². The molecule has 0 saturated heterocycles. The molecule has 0 spiro atoms. The number of nitrogens with zero attached hydrogens (tertiary/aromatic N) is 2. The predicted octanol–water partition coefficient (Wildman–Crippen LogP) is 2.47. The Hall–Kier alpha value is -1.94. The summed E-state index contributed by atoms with van der Waals surface area (Å²) in [6.45, 7) is 0. The highest BCUT2D eigenvalue weighted by atomic mass is 35.5. The van der Waals surface area contributed by atoms with E-state index in [1.54, 1.807) is 18.3 Å². The number of benzene rings is 1. The van der Waals surface area contributed by atoms with Crippen LogP contribution in [-0.2, 0) is 5.88 Å². The van der Waals surface area contributed by atoms with Crippen LogP contribution in [0.3, 0.4) is 0 Å². The minimum Gasteiger partial charge on any atom is -0.305 e. The number of alkyl halides is 1. The molecule has 0 bridgehead atoms. The van der Waals surface area contributed by atoms with Crippen molar-refractivity contribution >= 4 is 23.3 Å². The van der Waals surface area contributed by atoms with E-state index in [1.165, 1.54) is 12.4 Å². The average Bonchev–Trinajstić information content (AvgIpc) is 2.40. The fourth-order valence-corrected chi connectivity index (χ4v) is 1.48. The van der Waals surface area contributed by atoms with Crippen molar-refractivity contribution < 1.29 is 4.79 Å². The first-order valence-corrected chi connectivity index (χ1v) is 5.55. The summed E-state index contributed by atoms with van der Waals surface area (Å²) in [5.41, 5.74) is 1.53. The molecular formula is C12H10ClN3O. The second kappa shape index (κ2) is 5.41. The number of amides is 1. The highest BCUT2D eigenvalue weighted by Gasteiger charge is 2.06. The first-order valence-electron chi connectivity index (χ1n) is 5.02. The van der Waals surface area contributed by atoms with Gasteiger partial charge in [0.1, 0.15) is 0 Å². The van der Waals surface area contributed by atoms with Crippen LogP contribution < -0.4 is 5.32 Å². The zero-order chi connectivity index (χ0) is 12.1. The Balaban J connectivity index is 2.09. The van der Waals surface area contributed by atoms with Gasteiger partial charge in [0, 0.05) is 23.8 Å². The normalized spacial score (nSPS) is 9.94. The van der Waals surface area contributed by atoms with Crippen LogP contribution in [0.1, 0.15) is 15.9 Å². The SMILES string of the molecule is O=C(Nc1cnccn1)c1ccc(CCl)cc1. The molecule has 17 heavy (non-hydrogen) atoms. The van der Waals surface area contributed by atoms with E-state index in [4.69, 9.17) is 11.6 Å². The lowest BCUT2D eigenvalue weighted by Gasteiger charge is -2.04. The maximum Gasteiger partial charge on any atom is 0.256 e. The van der Waals surface area contributed by atoms with E-state index in [2.05, 4.69) is 15.3 Å². The first-order chi connectivity index (χ1) is 8.29. The molecule has 0 radical (unpaired) electrons. The summed E-state index contributed by atoms with van der Waals surface area (Å²) in [6.07, 6.45) is 4.56. The van der Waals surface area contributed by atoms with Crippen LogP contribution in [0.4, 0.5) is 5.82 Å². The van der Waals surface area contributed by atoms with Gasteiger partial charge in [-0.3, -0.25) is 9.78 Å². The summed E-state index contributed by atoms with van der Waals surface area (Å²) in [7, 11) is 0. The zero-order valence-corrected chi connectivity index (χ0v) is 9.69. The highest BCUT2D eigenvalue weighted by Crippen LogP contribution is 2.08. The number of carbonyl (C=O) groups is 1. The molecule has 0 unspecified atom stereocenters. The lowest BCUT2D eigenvalue weighted by atomic mass is 10.1. The molecule has 86 valence electrons. The maximum absolute atomic E-state index is 11.8. The van der Waals surface area contributed by atoms with Gasteiger partial charge in [-0.15, -0.1) is 11.6 Å². The van der Waals surface area contributed by atoms with Gasteiger partial charge >= 0.3 is 0 Å². The lowest BCUT2D eigenvalue weighted by Crippen LogP contribution is -2.12. The number of hydrogen-bond donors (Lipinski definition) is 1. The average molecular weight is 248 g/mol. The largest absolute Gasteiger partial charge is 0.305 e. The predicted molar refractivity (Wildman–Crippen MR) is 66.0 cm³/mol. The number of hydrogen-bond acceptors (Lipinski definition) is 3. The standard InChI is InChI=1S/C12H10ClN3O/c13-7-9-1-3-10(4-2-9)12(17)16-11-8-14-5-6-15-11/h1-6,8H,7H2,(H,15,16,17). The Morgan fingerprint density at radius 2 is 2.00 bits per heavy atom. The van der Waals surface area contributed by atoms with Crippen molar-refractivity contribution in [2.45, 2.75) is 5.88 Å². The summed E-state index contributed by atoms with van der Waals surface area (Å²) < 4.78 is 0. The molecule has 1 aromatic carbocycles. The van der Waals surface area contributed by atoms with Gasteiger partial charge in [-0.1, -0.05) is 12.1 Å². The van der Waals surface area contributed by atoms with E-state index < -0.39 is 0 Å². The van der Waals surface area contributed by atoms with Crippen LogP contribution in [-0.4, -0.2) is 15.9 Å². The van der Waals surface area contributed by atoms with Crippen molar-refractivity contribution in [1.29, 1.82) is 0 Å². The van der Waals surface area contributed by atoms with Crippen LogP contribution in [0.25, 0.3) is 0 Å². The molecule has 0 aliphatic rings. The molecule has 1 heterocycles. The van der Waals surface area contributed by atoms with E-state index >= 15 is 0 Å². The topological polar surface area (TPSA) is 54.9 Å². The van der Waals surface area contributed by atoms with E-state index in [1.807, 2.05) is 12.1 Å². The summed E-state index contributed by atoms with van der Waals surface area (Å²) in [4.78, 5) is 19.6. The molecule has 0 fully saturated rings. The van der Waals surface area contributed by atoms with Gasteiger partial charge in [-0.05, 0) is 17.7 Å². The Labute approximate surface area is 104 Å². The van der Waals surface area contributed by atoms with Gasteiger partial charge in [0.25, 0.3) is 5.91 Å². The van der Waals surface area contributed by atoms with Crippen molar-refractivity contribution in [3.05, 3.63) is 54.0 Å². The highest BCUT2D eigenvalue weighted by molar-refractivity contribution is 6.17. The van der Waals surface area contributed by atoms with Crippen LogP contribution in [0.5, 0.6) is 0 Å². The molecule has 2 aromatic rings. The Kier molecular flexibility index (Phi) is 3.67. The van der Waals surface area contributed by atoms with E-state index in [0.29, 0.717) is 17.3 Å². The summed E-state index contributed by atoms with van der Waals surface area (Å²) in [5.74, 6) is 0.650. The van der Waals surface area contributed by atoms with Crippen LogP contribution in [0.15, 0.2) is 42.9 Å². The van der Waals surface area contributed by atoms with Crippen molar-refractivity contribution in [2.24, 2.45) is 0 Å². The van der Waals surface area contributed by atoms with Crippen molar-refractivity contribution in [1.82, 2.24) is 9.97 Å². The third-order valence-corrected chi connectivity index (χ3v) is 2.48. The minimum absolute atomic E-state index is 0.216. The lowest BCUT2D eigenvalue weighted by molar-refractivity contribution is 0.102. The molecule has 1 aromatic heterocycles. The van der Waals surface area contributed by atoms with Gasteiger partial charge in [0.05, 0.1) is 6.20 Å². The van der Waals surface area contributed by atoms with E-state index in [-0.39, 0.29) is 5.91 Å². The van der Waals surface area contributed by atoms with Gasteiger partial charge in [-0.2, -0.15) is 0 Å². The van der Waals surface area contributed by atoms with Crippen molar-refractivity contribution in [3.63, 3.8) is 0 Å². The molecule has 1 amide bonds. The Morgan fingerprint density at radius 1 is 1.24 bits per heavy atom. The number of anilines is 1. The molecule has 5 heteroatoms. The molecule has 0 aliphatic heterocycles. The molecule has 0 saturated carbocycles. The van der Waals surface area contributed by atoms with Gasteiger partial charge in [0.15, 0.2) is 5.82 Å². The smallest absolute Gasteiger partial charge is 0.256 e. The molecule has 0 atom stereocenters. The zero-order valence-electron chi connectivity index (χ0n) is 8.93. The number of halogens is 1. The summed E-state index contributed by atoms with van der Waals surface area (Å²) in [6, 6.07) is 7.09. The number of aromatic nitrogens is 2. The number of rotatable bonds is 3. The third-order valence-electron chi connectivity index (χ3n) is 2.18. The second-order valence-corrected chi connectivity index (χ2v) is 3.64. The van der Waals surface area contributed by atoms with Gasteiger partial charge < -0.3 is 5.32 Å². The minimum atomic E-state index is -0.216. The van der Waals surface area contributed by atoms with Crippen LogP contribution in [0.2, 0.25) is 0 Å². The van der Waals surface area contributed by atoms with E-state index in [0.717, 1.165) is 5.56 Å². The number of nitrogens with one attached hydrogen (secondary N) is 1. The van der Waals surface area contributed by atoms with Gasteiger partial charge in [-0.25, -0.2) is 4.98 Å². The monoisotopic (exact) mass is 247 g/mol. The summed E-state index contributed by atoms with van der Waals surface area (Å²) >= 11 is 5.67. The maximum atomic E-state index is 11.8. The number of carbonyl (C=O) groups excluding carboxylic acids is 1. The van der Waals surface area contributed by atoms with Crippen LogP contribution >= 0.6 is 11.6 Å².